The van der Waals surface area contributed by atoms with Gasteiger partial charge >= 0.3 is 42.1 Å². The van der Waals surface area contributed by atoms with Crippen LogP contribution in [-0.2, 0) is 35.5 Å². The van der Waals surface area contributed by atoms with Gasteiger partial charge in [-0.15, -0.1) is 4.36 Å². The Morgan fingerprint density at radius 2 is 0.855 bits per heavy atom. The van der Waals surface area contributed by atoms with Gasteiger partial charge in [-0.1, -0.05) is 36.4 Å². The van der Waals surface area contributed by atoms with Gasteiger partial charge in [0.15, 0.2) is 0 Å². The molecule has 2 atom stereocenters. The number of rotatable bonds is 14. The predicted octanol–water partition coefficient (Wildman–Crippen LogP) is 14.0. The van der Waals surface area contributed by atoms with E-state index >= 15 is 0 Å². The summed E-state index contributed by atoms with van der Waals surface area (Å²) in [5.41, 5.74) is -19.6. The van der Waals surface area contributed by atoms with E-state index in [0.29, 0.717) is 27.8 Å². The van der Waals surface area contributed by atoms with Gasteiger partial charge in [-0.2, -0.15) is 52.7 Å². The normalized spacial score (nSPS) is 14.4. The van der Waals surface area contributed by atoms with Crippen molar-refractivity contribution in [3.8, 4) is 0 Å². The van der Waals surface area contributed by atoms with Crippen LogP contribution in [0.5, 0.6) is 0 Å². The summed E-state index contributed by atoms with van der Waals surface area (Å²) in [6.45, 7) is 13.0. The molecule has 14 nitrogen and oxygen atoms in total. The summed E-state index contributed by atoms with van der Waals surface area (Å²) in [6, 6.07) is 11.0. The molecule has 0 fully saturated rings. The second-order valence-electron chi connectivity index (χ2n) is 21.1. The maximum Gasteiger partial charge on any atom is 0.442 e. The fourth-order valence-electron chi connectivity index (χ4n) is 7.92. The molecule has 4 aromatic rings. The zero-order chi connectivity index (χ0) is 64.5. The number of carbonyl (C=O) groups is 5. The van der Waals surface area contributed by atoms with Gasteiger partial charge in [0.2, 0.25) is 0 Å². The van der Waals surface area contributed by atoms with E-state index in [4.69, 9.17) is 9.52 Å². The van der Waals surface area contributed by atoms with Crippen LogP contribution >= 0.6 is 45.2 Å². The van der Waals surface area contributed by atoms with Crippen LogP contribution in [0.3, 0.4) is 0 Å². The molecule has 0 spiro atoms. The highest BCUT2D eigenvalue weighted by Crippen LogP contribution is 2.55. The average molecular weight is 1460 g/mol. The lowest BCUT2D eigenvalue weighted by molar-refractivity contribution is -0.349. The van der Waals surface area contributed by atoms with Crippen LogP contribution < -0.4 is 21.3 Å². The standard InChI is InChI=1S/C28H31F7IN3O5S.C23H23F7IN3O3S/c1-15-13-16(26(29,27(30,31)32)28(33,34)35)11-12-19(15)37-21(40)17-9-8-10-18(36)20(17)22(41)38-25(5,6)14-45(7,43)39-23(42)44-24(2,3)4;1-12-10-13(21(24,22(25,26)27)23(28,29)30)8-9-16(12)33-18(35)14-6-5-7-15(31)17(14)19(36)34-20(2,3)11-38(4,32)37/h8-13H,14H2,1-7H3,(H,37,40)(H,38,41);5-10,32H,11H2,1-4H3,(H,33,35)(H,34,36). The van der Waals surface area contributed by atoms with Crippen LogP contribution in [-0.4, -0.2) is 104 Å². The van der Waals surface area contributed by atoms with Crippen molar-refractivity contribution in [2.45, 2.75) is 115 Å². The number of nitrogens with zero attached hydrogens (tertiary/aromatic N) is 1. The van der Waals surface area contributed by atoms with Gasteiger partial charge in [0.05, 0.1) is 43.5 Å². The molecule has 0 aliphatic rings. The maximum atomic E-state index is 14.5. The van der Waals surface area contributed by atoms with Crippen LogP contribution in [0, 0.1) is 25.8 Å². The number of benzene rings is 4. The predicted molar refractivity (Wildman–Crippen MR) is 299 cm³/mol. The summed E-state index contributed by atoms with van der Waals surface area (Å²) in [7, 11) is -6.20. The van der Waals surface area contributed by atoms with Crippen molar-refractivity contribution >= 4 is 106 Å². The summed E-state index contributed by atoms with van der Waals surface area (Å²) >= 11 is 3.57. The van der Waals surface area contributed by atoms with E-state index in [1.54, 1.807) is 66.0 Å². The van der Waals surface area contributed by atoms with Crippen LogP contribution in [0.25, 0.3) is 0 Å². The number of carbonyl (C=O) groups excluding carboxylic acids is 5. The monoisotopic (exact) mass is 1460 g/mol. The zero-order valence-corrected chi connectivity index (χ0v) is 51.4. The Bertz CT molecular complexity index is 3380. The number of nitrogens with one attached hydrogen (secondary N) is 5. The lowest BCUT2D eigenvalue weighted by atomic mass is 9.92. The van der Waals surface area contributed by atoms with Crippen molar-refractivity contribution in [1.29, 1.82) is 4.78 Å². The molecule has 0 saturated heterocycles. The van der Waals surface area contributed by atoms with Crippen molar-refractivity contribution < 1.29 is 98.6 Å². The third-order valence-corrected chi connectivity index (χ3v) is 16.0. The SMILES string of the molecule is Cc1cc(C(F)(C(F)(F)F)C(F)(F)F)ccc1NC(=O)c1cccc(I)c1C(=O)NC(C)(C)CS(C)(=N)=O.Cc1cc(C(F)(C(F)(F)F)C(F)(F)F)ccc1NC(=O)c1cccc(I)c1C(=O)NC(C)(C)CS(C)(=O)=NC(=O)OC(C)(C)C. The Balaban J connectivity index is 0.000000441. The van der Waals surface area contributed by atoms with Crippen LogP contribution in [0.15, 0.2) is 77.2 Å². The summed E-state index contributed by atoms with van der Waals surface area (Å²) in [5, 5.41) is 9.91. The molecule has 0 aliphatic heterocycles. The molecular formula is C51H54F14I2N6O8S2. The fourth-order valence-corrected chi connectivity index (χ4v) is 12.7. The molecule has 4 aromatic carbocycles. The van der Waals surface area contributed by atoms with E-state index in [1.807, 2.05) is 0 Å². The number of aryl methyl sites for hydroxylation is 2. The van der Waals surface area contributed by atoms with Crippen LogP contribution in [0.2, 0.25) is 0 Å². The number of alkyl halides is 14. The van der Waals surface area contributed by atoms with E-state index in [0.717, 1.165) is 13.8 Å². The molecule has 460 valence electrons. The molecule has 5 N–H and O–H groups in total. The highest BCUT2D eigenvalue weighted by atomic mass is 127. The van der Waals surface area contributed by atoms with Gasteiger partial charge in [0.25, 0.3) is 23.6 Å². The Kier molecular flexibility index (Phi) is 21.9. The van der Waals surface area contributed by atoms with Gasteiger partial charge in [0.1, 0.15) is 5.60 Å². The molecule has 0 heterocycles. The Labute approximate surface area is 495 Å². The van der Waals surface area contributed by atoms with Gasteiger partial charge in [-0.3, -0.25) is 28.2 Å². The van der Waals surface area contributed by atoms with Crippen molar-refractivity contribution in [2.24, 2.45) is 4.36 Å². The van der Waals surface area contributed by atoms with Gasteiger partial charge in [-0.05, 0) is 155 Å². The van der Waals surface area contributed by atoms with E-state index in [1.165, 1.54) is 76.6 Å². The van der Waals surface area contributed by atoms with Gasteiger partial charge in [-0.25, -0.2) is 17.8 Å². The maximum absolute atomic E-state index is 14.5. The second-order valence-corrected chi connectivity index (χ2v) is 28.1. The van der Waals surface area contributed by atoms with Crippen molar-refractivity contribution in [1.82, 2.24) is 10.6 Å². The number of hydrogen-bond donors (Lipinski definition) is 5. The zero-order valence-electron chi connectivity index (χ0n) is 45.4. The second kappa shape index (κ2) is 25.3. The number of hydrogen-bond acceptors (Lipinski definition) is 9. The van der Waals surface area contributed by atoms with E-state index < -0.39 is 113 Å². The Morgan fingerprint density at radius 1 is 0.530 bits per heavy atom. The van der Waals surface area contributed by atoms with Gasteiger partial charge in [0, 0.05) is 63.0 Å². The quantitative estimate of drug-likeness (QED) is 0.0604. The third kappa shape index (κ3) is 18.3. The summed E-state index contributed by atoms with van der Waals surface area (Å²) < 4.78 is 228. The van der Waals surface area contributed by atoms with Crippen molar-refractivity contribution in [3.05, 3.63) is 124 Å². The van der Waals surface area contributed by atoms with E-state index in [2.05, 4.69) is 25.6 Å². The minimum Gasteiger partial charge on any atom is -0.442 e. The number of ether oxygens (including phenoxy) is 1. The topological polar surface area (TPSA) is 213 Å². The lowest BCUT2D eigenvalue weighted by Gasteiger charge is -2.30. The summed E-state index contributed by atoms with van der Waals surface area (Å²) in [4.78, 5) is 64.8. The molecule has 5 amide bonds. The molecule has 2 unspecified atom stereocenters. The van der Waals surface area contributed by atoms with Crippen molar-refractivity contribution in [3.63, 3.8) is 0 Å². The summed E-state index contributed by atoms with van der Waals surface area (Å²) in [5.74, 6) is -3.89. The Morgan fingerprint density at radius 3 is 1.14 bits per heavy atom. The minimum atomic E-state index is -6.31. The molecular weight excluding hydrogens is 1410 g/mol. The lowest BCUT2D eigenvalue weighted by Crippen LogP contribution is -2.50. The first kappa shape index (κ1) is 71.9. The smallest absolute Gasteiger partial charge is 0.442 e. The summed E-state index contributed by atoms with van der Waals surface area (Å²) in [6.07, 6.45) is -23.8. The van der Waals surface area contributed by atoms with Gasteiger partial charge < -0.3 is 26.0 Å². The molecule has 0 radical (unpaired) electrons. The fraction of sp³-hybridized carbons (Fsp3) is 0.431. The van der Waals surface area contributed by atoms with E-state index in [-0.39, 0.29) is 72.0 Å². The third-order valence-electron chi connectivity index (χ3n) is 11.1. The van der Waals surface area contributed by atoms with Crippen molar-refractivity contribution in [2.75, 3.05) is 34.7 Å². The number of anilines is 2. The van der Waals surface area contributed by atoms with E-state index in [9.17, 15) is 93.9 Å². The first-order valence-corrected chi connectivity index (χ1v) is 29.8. The number of amides is 5. The molecule has 0 aliphatic carbocycles. The molecule has 0 bridgehead atoms. The number of halogens is 16. The molecule has 0 saturated carbocycles. The molecule has 32 heteroatoms. The first-order chi connectivity index (χ1) is 37.1. The highest BCUT2D eigenvalue weighted by Gasteiger charge is 2.74. The first-order valence-electron chi connectivity index (χ1n) is 23.5. The minimum absolute atomic E-state index is 0.0996. The largest absolute Gasteiger partial charge is 0.442 e. The Hall–Kier alpha value is -5.39. The molecule has 0 aromatic heterocycles. The van der Waals surface area contributed by atoms with Crippen LogP contribution in [0.4, 0.5) is 77.6 Å². The highest BCUT2D eigenvalue weighted by molar-refractivity contribution is 14.1. The average Bonchev–Trinajstić information content (AvgIpc) is 3.40. The molecule has 4 rings (SSSR count). The van der Waals surface area contributed by atoms with Crippen LogP contribution in [0.1, 0.15) is 112 Å². The molecule has 83 heavy (non-hydrogen) atoms.